The van der Waals surface area contributed by atoms with E-state index in [-0.39, 0.29) is 23.1 Å². The summed E-state index contributed by atoms with van der Waals surface area (Å²) >= 11 is 0. The number of amides is 1. The van der Waals surface area contributed by atoms with Gasteiger partial charge < -0.3 is 10.1 Å². The fraction of sp³-hybridized carbons (Fsp3) is 0.464. The monoisotopic (exact) mass is 510 g/mol. The van der Waals surface area contributed by atoms with Gasteiger partial charge in [-0.05, 0) is 75.3 Å². The van der Waals surface area contributed by atoms with Gasteiger partial charge in [0.1, 0.15) is 28.9 Å². The first kappa shape index (κ1) is 25.2. The van der Waals surface area contributed by atoms with Crippen LogP contribution in [0.4, 0.5) is 14.5 Å². The van der Waals surface area contributed by atoms with Crippen LogP contribution in [0.5, 0.6) is 5.75 Å². The normalized spacial score (nSPS) is 16.8. The van der Waals surface area contributed by atoms with Crippen LogP contribution in [-0.2, 0) is 13.0 Å². The maximum atomic E-state index is 15.5. The zero-order chi connectivity index (χ0) is 26.1. The Morgan fingerprint density at radius 1 is 1.11 bits per heavy atom. The number of fused-ring (bicyclic) bond motifs is 1. The van der Waals surface area contributed by atoms with E-state index < -0.39 is 23.2 Å². The summed E-state index contributed by atoms with van der Waals surface area (Å²) in [4.78, 5) is 26.3. The molecule has 9 heteroatoms. The first-order valence-corrected chi connectivity index (χ1v) is 13.1. The minimum Gasteiger partial charge on any atom is -0.490 e. The second-order valence-electron chi connectivity index (χ2n) is 10.2. The van der Waals surface area contributed by atoms with Crippen LogP contribution >= 0.6 is 0 Å². The van der Waals surface area contributed by atoms with E-state index in [0.717, 1.165) is 49.3 Å². The number of hydrogen-bond acceptors (Lipinski definition) is 4. The van der Waals surface area contributed by atoms with Crippen LogP contribution in [0.2, 0.25) is 0 Å². The Labute approximate surface area is 214 Å². The van der Waals surface area contributed by atoms with Crippen LogP contribution in [0.15, 0.2) is 35.1 Å². The highest BCUT2D eigenvalue weighted by Crippen LogP contribution is 2.32. The molecule has 7 nitrogen and oxygen atoms in total. The topological polar surface area (TPSA) is 78.2 Å². The molecule has 2 heterocycles. The molecule has 1 amide bonds. The molecule has 1 saturated carbocycles. The molecule has 0 bridgehead atoms. The van der Waals surface area contributed by atoms with Crippen LogP contribution in [0.1, 0.15) is 73.6 Å². The van der Waals surface area contributed by atoms with Crippen molar-refractivity contribution in [1.29, 1.82) is 0 Å². The van der Waals surface area contributed by atoms with Crippen molar-refractivity contribution in [2.24, 2.45) is 5.92 Å². The molecule has 1 fully saturated rings. The number of rotatable bonds is 6. The molecule has 0 unspecified atom stereocenters. The fourth-order valence-corrected chi connectivity index (χ4v) is 5.39. The molecule has 1 aliphatic carbocycles. The molecule has 1 atom stereocenters. The minimum atomic E-state index is -0.754. The van der Waals surface area contributed by atoms with Gasteiger partial charge in [-0.3, -0.25) is 9.36 Å². The van der Waals surface area contributed by atoms with Crippen LogP contribution in [0, 0.1) is 24.5 Å². The van der Waals surface area contributed by atoms with Gasteiger partial charge in [0.2, 0.25) is 0 Å². The second-order valence-corrected chi connectivity index (χ2v) is 10.2. The lowest BCUT2D eigenvalue weighted by Gasteiger charge is -2.29. The average Bonchev–Trinajstić information content (AvgIpc) is 3.23. The molecule has 0 radical (unpaired) electrons. The molecule has 2 aliphatic rings. The molecule has 1 aromatic heterocycles. The summed E-state index contributed by atoms with van der Waals surface area (Å²) in [7, 11) is 0. The lowest BCUT2D eigenvalue weighted by molar-refractivity contribution is 0.0997. The third kappa shape index (κ3) is 5.17. The molecule has 2 aromatic carbocycles. The number of nitrogens with zero attached hydrogens (tertiary/aromatic N) is 3. The van der Waals surface area contributed by atoms with E-state index in [2.05, 4.69) is 10.4 Å². The Kier molecular flexibility index (Phi) is 7.13. The van der Waals surface area contributed by atoms with Crippen molar-refractivity contribution < 1.29 is 18.3 Å². The second kappa shape index (κ2) is 10.5. The molecule has 0 spiro atoms. The van der Waals surface area contributed by atoms with Gasteiger partial charge in [-0.25, -0.2) is 13.6 Å². The van der Waals surface area contributed by atoms with Crippen molar-refractivity contribution in [3.8, 4) is 11.4 Å². The number of halogens is 2. The molecular weight excluding hydrogens is 478 g/mol. The Balaban J connectivity index is 1.53. The molecule has 196 valence electrons. The molecule has 5 rings (SSSR count). The smallest absolute Gasteiger partial charge is 0.350 e. The SMILES string of the molecule is Cc1cc(F)ccc1NC(=O)c1cc(F)c(-n2nc3n(c2=O)CCCC3)cc1O[C@@H](C)C1CCCCC1. The van der Waals surface area contributed by atoms with Crippen molar-refractivity contribution in [2.45, 2.75) is 77.9 Å². The van der Waals surface area contributed by atoms with Gasteiger partial charge in [0, 0.05) is 24.7 Å². The number of benzene rings is 2. The predicted molar refractivity (Wildman–Crippen MR) is 136 cm³/mol. The summed E-state index contributed by atoms with van der Waals surface area (Å²) < 4.78 is 38.0. The molecule has 37 heavy (non-hydrogen) atoms. The van der Waals surface area contributed by atoms with Crippen molar-refractivity contribution >= 4 is 11.6 Å². The zero-order valence-electron chi connectivity index (χ0n) is 21.2. The van der Waals surface area contributed by atoms with Gasteiger partial charge in [0.25, 0.3) is 5.91 Å². The quantitative estimate of drug-likeness (QED) is 0.471. The van der Waals surface area contributed by atoms with E-state index in [9.17, 15) is 14.0 Å². The van der Waals surface area contributed by atoms with Crippen LogP contribution in [0.25, 0.3) is 5.69 Å². The van der Waals surface area contributed by atoms with E-state index >= 15 is 4.39 Å². The summed E-state index contributed by atoms with van der Waals surface area (Å²) in [5.41, 5.74) is 0.509. The van der Waals surface area contributed by atoms with Gasteiger partial charge in [-0.2, -0.15) is 4.68 Å². The number of hydrogen-bond donors (Lipinski definition) is 1. The lowest BCUT2D eigenvalue weighted by atomic mass is 9.86. The highest BCUT2D eigenvalue weighted by molar-refractivity contribution is 6.06. The Bertz CT molecular complexity index is 1370. The van der Waals surface area contributed by atoms with Gasteiger partial charge in [0.15, 0.2) is 0 Å². The third-order valence-corrected chi connectivity index (χ3v) is 7.56. The Morgan fingerprint density at radius 2 is 1.89 bits per heavy atom. The Hall–Kier alpha value is -3.49. The maximum absolute atomic E-state index is 15.5. The maximum Gasteiger partial charge on any atom is 0.350 e. The van der Waals surface area contributed by atoms with Gasteiger partial charge in [0.05, 0.1) is 11.7 Å². The first-order chi connectivity index (χ1) is 17.8. The lowest BCUT2D eigenvalue weighted by Crippen LogP contribution is -2.28. The number of ether oxygens (including phenoxy) is 1. The van der Waals surface area contributed by atoms with Crippen molar-refractivity contribution in [1.82, 2.24) is 14.3 Å². The van der Waals surface area contributed by atoms with E-state index in [1.165, 1.54) is 30.7 Å². The standard InChI is InChI=1S/C28H32F2N4O3/c1-17-14-20(29)11-12-23(17)31-27(35)21-15-22(30)24(34-28(36)33-13-7-6-10-26(33)32-34)16-25(21)37-18(2)19-8-4-3-5-9-19/h11-12,14-16,18-19H,3-10,13H2,1-2H3,(H,31,35)/t18-/m0/s1. The molecule has 0 saturated heterocycles. The highest BCUT2D eigenvalue weighted by atomic mass is 19.1. The highest BCUT2D eigenvalue weighted by Gasteiger charge is 2.27. The first-order valence-electron chi connectivity index (χ1n) is 13.1. The predicted octanol–water partition coefficient (Wildman–Crippen LogP) is 5.56. The summed E-state index contributed by atoms with van der Waals surface area (Å²) in [5.74, 6) is -0.616. The molecule has 1 N–H and O–H groups in total. The molecular formula is C28H32F2N4O3. The summed E-state index contributed by atoms with van der Waals surface area (Å²) in [6.07, 6.45) is 7.75. The molecule has 1 aliphatic heterocycles. The van der Waals surface area contributed by atoms with E-state index in [1.54, 1.807) is 11.5 Å². The minimum absolute atomic E-state index is 0.00431. The third-order valence-electron chi connectivity index (χ3n) is 7.56. The number of aromatic nitrogens is 3. The number of nitrogens with one attached hydrogen (secondary N) is 1. The summed E-state index contributed by atoms with van der Waals surface area (Å²) in [6.45, 7) is 4.19. The number of aryl methyl sites for hydroxylation is 2. The van der Waals surface area contributed by atoms with Crippen molar-refractivity contribution in [2.75, 3.05) is 5.32 Å². The van der Waals surface area contributed by atoms with Crippen LogP contribution < -0.4 is 15.7 Å². The summed E-state index contributed by atoms with van der Waals surface area (Å²) in [6, 6.07) is 6.53. The van der Waals surface area contributed by atoms with Gasteiger partial charge in [-0.1, -0.05) is 19.3 Å². The van der Waals surface area contributed by atoms with Crippen LogP contribution in [-0.4, -0.2) is 26.4 Å². The van der Waals surface area contributed by atoms with Crippen molar-refractivity contribution in [3.05, 3.63) is 69.4 Å². The Morgan fingerprint density at radius 3 is 2.62 bits per heavy atom. The molecule has 3 aromatic rings. The average molecular weight is 511 g/mol. The fourth-order valence-electron chi connectivity index (χ4n) is 5.39. The zero-order valence-corrected chi connectivity index (χ0v) is 21.2. The number of carbonyl (C=O) groups is 1. The van der Waals surface area contributed by atoms with E-state index in [1.807, 2.05) is 6.92 Å². The van der Waals surface area contributed by atoms with E-state index in [0.29, 0.717) is 36.0 Å². The van der Waals surface area contributed by atoms with E-state index in [4.69, 9.17) is 4.74 Å². The largest absolute Gasteiger partial charge is 0.490 e. The van der Waals surface area contributed by atoms with Gasteiger partial charge >= 0.3 is 5.69 Å². The van der Waals surface area contributed by atoms with Crippen LogP contribution in [0.3, 0.4) is 0 Å². The number of carbonyl (C=O) groups excluding carboxylic acids is 1. The van der Waals surface area contributed by atoms with Crippen molar-refractivity contribution in [3.63, 3.8) is 0 Å². The van der Waals surface area contributed by atoms with Gasteiger partial charge in [-0.15, -0.1) is 5.10 Å². The number of anilines is 1. The summed E-state index contributed by atoms with van der Waals surface area (Å²) in [5, 5.41) is 7.13.